The third-order valence-electron chi connectivity index (χ3n) is 2.21. The van der Waals surface area contributed by atoms with Gasteiger partial charge >= 0.3 is 0 Å². The SMILES string of the molecule is Sc1ccccc1C=NN=Cc1ccccc1. The van der Waals surface area contributed by atoms with E-state index in [9.17, 15) is 0 Å². The first kappa shape index (κ1) is 11.6. The van der Waals surface area contributed by atoms with Gasteiger partial charge in [0, 0.05) is 10.5 Å². The lowest BCUT2D eigenvalue weighted by Gasteiger charge is -1.94. The average Bonchev–Trinajstić information content (AvgIpc) is 2.38. The van der Waals surface area contributed by atoms with Crippen LogP contribution in [0.5, 0.6) is 0 Å². The summed E-state index contributed by atoms with van der Waals surface area (Å²) in [6.07, 6.45) is 3.42. The van der Waals surface area contributed by atoms with E-state index in [4.69, 9.17) is 0 Å². The van der Waals surface area contributed by atoms with Crippen molar-refractivity contribution >= 4 is 25.1 Å². The largest absolute Gasteiger partial charge is 0.159 e. The summed E-state index contributed by atoms with van der Waals surface area (Å²) in [6, 6.07) is 17.6. The van der Waals surface area contributed by atoms with E-state index in [1.807, 2.05) is 54.6 Å². The highest BCUT2D eigenvalue weighted by atomic mass is 32.1. The van der Waals surface area contributed by atoms with Crippen LogP contribution >= 0.6 is 12.6 Å². The number of thiol groups is 1. The monoisotopic (exact) mass is 240 g/mol. The van der Waals surface area contributed by atoms with E-state index in [1.165, 1.54) is 0 Å². The Hall–Kier alpha value is -1.87. The molecule has 17 heavy (non-hydrogen) atoms. The molecule has 0 spiro atoms. The van der Waals surface area contributed by atoms with Crippen LogP contribution in [0.15, 0.2) is 69.7 Å². The maximum Gasteiger partial charge on any atom is 0.0579 e. The summed E-state index contributed by atoms with van der Waals surface area (Å²) in [4.78, 5) is 0.895. The van der Waals surface area contributed by atoms with Crippen molar-refractivity contribution in [3.05, 3.63) is 65.7 Å². The molecule has 0 saturated heterocycles. The van der Waals surface area contributed by atoms with Crippen molar-refractivity contribution in [1.29, 1.82) is 0 Å². The minimum absolute atomic E-state index is 0.895. The van der Waals surface area contributed by atoms with Gasteiger partial charge in [-0.05, 0) is 11.6 Å². The standard InChI is InChI=1S/C14H12N2S/c17-14-9-5-4-8-13(14)11-16-15-10-12-6-2-1-3-7-12/h1-11,17H. The predicted octanol–water partition coefficient (Wildman–Crippen LogP) is 3.43. The highest BCUT2D eigenvalue weighted by Crippen LogP contribution is 2.10. The van der Waals surface area contributed by atoms with Gasteiger partial charge in [0.2, 0.25) is 0 Å². The van der Waals surface area contributed by atoms with Gasteiger partial charge in [0.05, 0.1) is 12.4 Å². The zero-order chi connectivity index (χ0) is 11.9. The number of hydrogen-bond donors (Lipinski definition) is 1. The van der Waals surface area contributed by atoms with Crippen molar-refractivity contribution in [2.45, 2.75) is 4.90 Å². The minimum atomic E-state index is 0.895. The first-order valence-corrected chi connectivity index (χ1v) is 5.70. The molecule has 2 aromatic carbocycles. The lowest BCUT2D eigenvalue weighted by atomic mass is 10.2. The van der Waals surface area contributed by atoms with Crippen LogP contribution in [-0.4, -0.2) is 12.4 Å². The number of hydrogen-bond acceptors (Lipinski definition) is 3. The Bertz CT molecular complexity index is 533. The fourth-order valence-corrected chi connectivity index (χ4v) is 1.55. The molecule has 0 aliphatic heterocycles. The van der Waals surface area contributed by atoms with E-state index < -0.39 is 0 Å². The van der Waals surface area contributed by atoms with Crippen LogP contribution in [0.25, 0.3) is 0 Å². The fraction of sp³-hybridized carbons (Fsp3) is 0. The van der Waals surface area contributed by atoms with Gasteiger partial charge in [-0.2, -0.15) is 10.2 Å². The third-order valence-corrected chi connectivity index (χ3v) is 2.61. The van der Waals surface area contributed by atoms with Crippen molar-refractivity contribution in [3.63, 3.8) is 0 Å². The summed E-state index contributed by atoms with van der Waals surface area (Å²) in [5.74, 6) is 0. The van der Waals surface area contributed by atoms with Gasteiger partial charge in [-0.3, -0.25) is 0 Å². The molecule has 0 bridgehead atoms. The summed E-state index contributed by atoms with van der Waals surface area (Å²) in [5, 5.41) is 7.98. The molecule has 0 aliphatic carbocycles. The van der Waals surface area contributed by atoms with Crippen molar-refractivity contribution in [1.82, 2.24) is 0 Å². The molecule has 0 aromatic heterocycles. The van der Waals surface area contributed by atoms with Gasteiger partial charge in [-0.15, -0.1) is 12.6 Å². The maximum absolute atomic E-state index is 4.33. The van der Waals surface area contributed by atoms with Crippen molar-refractivity contribution in [3.8, 4) is 0 Å². The molecule has 0 amide bonds. The zero-order valence-corrected chi connectivity index (χ0v) is 10.1. The highest BCUT2D eigenvalue weighted by molar-refractivity contribution is 7.80. The quantitative estimate of drug-likeness (QED) is 0.483. The fourth-order valence-electron chi connectivity index (χ4n) is 1.33. The molecule has 2 rings (SSSR count). The topological polar surface area (TPSA) is 24.7 Å². The smallest absolute Gasteiger partial charge is 0.0579 e. The van der Waals surface area contributed by atoms with E-state index in [0.29, 0.717) is 0 Å². The molecule has 0 atom stereocenters. The molecule has 0 heterocycles. The normalized spacial score (nSPS) is 11.4. The van der Waals surface area contributed by atoms with Gasteiger partial charge in [0.25, 0.3) is 0 Å². The summed E-state index contributed by atoms with van der Waals surface area (Å²) >= 11 is 4.33. The van der Waals surface area contributed by atoms with Crippen molar-refractivity contribution in [2.24, 2.45) is 10.2 Å². The van der Waals surface area contributed by atoms with Crippen LogP contribution in [0.3, 0.4) is 0 Å². The van der Waals surface area contributed by atoms with Crippen LogP contribution in [0.1, 0.15) is 11.1 Å². The first-order valence-electron chi connectivity index (χ1n) is 5.26. The van der Waals surface area contributed by atoms with Gasteiger partial charge in [-0.25, -0.2) is 0 Å². The molecule has 0 fully saturated rings. The Morgan fingerprint density at radius 3 is 2.18 bits per heavy atom. The molecule has 0 saturated carbocycles. The number of nitrogens with zero attached hydrogens (tertiary/aromatic N) is 2. The van der Waals surface area contributed by atoms with Crippen LogP contribution in [0.4, 0.5) is 0 Å². The molecule has 84 valence electrons. The molecule has 0 N–H and O–H groups in total. The van der Waals surface area contributed by atoms with Crippen LogP contribution in [-0.2, 0) is 0 Å². The lowest BCUT2D eigenvalue weighted by molar-refractivity contribution is 1.26. The Morgan fingerprint density at radius 1 is 0.765 bits per heavy atom. The first-order chi connectivity index (χ1) is 8.36. The van der Waals surface area contributed by atoms with Gasteiger partial charge in [0.15, 0.2) is 0 Å². The Kier molecular flexibility index (Phi) is 4.11. The Balaban J connectivity index is 2.04. The second-order valence-electron chi connectivity index (χ2n) is 3.46. The summed E-state index contributed by atoms with van der Waals surface area (Å²) in [6.45, 7) is 0. The van der Waals surface area contributed by atoms with Gasteiger partial charge in [0.1, 0.15) is 0 Å². The second-order valence-corrected chi connectivity index (χ2v) is 3.94. The van der Waals surface area contributed by atoms with E-state index in [-0.39, 0.29) is 0 Å². The van der Waals surface area contributed by atoms with E-state index >= 15 is 0 Å². The van der Waals surface area contributed by atoms with E-state index in [2.05, 4.69) is 22.8 Å². The Morgan fingerprint density at radius 2 is 1.41 bits per heavy atom. The minimum Gasteiger partial charge on any atom is -0.159 e. The summed E-state index contributed by atoms with van der Waals surface area (Å²) in [5.41, 5.74) is 1.99. The van der Waals surface area contributed by atoms with Crippen molar-refractivity contribution < 1.29 is 0 Å². The molecular weight excluding hydrogens is 228 g/mol. The maximum atomic E-state index is 4.33. The van der Waals surface area contributed by atoms with Crippen LogP contribution < -0.4 is 0 Å². The van der Waals surface area contributed by atoms with Gasteiger partial charge in [-0.1, -0.05) is 48.5 Å². The molecule has 2 nitrogen and oxygen atoms in total. The summed E-state index contributed by atoms with van der Waals surface area (Å²) < 4.78 is 0. The van der Waals surface area contributed by atoms with Crippen LogP contribution in [0, 0.1) is 0 Å². The molecule has 3 heteroatoms. The molecule has 0 radical (unpaired) electrons. The third kappa shape index (κ3) is 3.57. The van der Waals surface area contributed by atoms with E-state index in [0.717, 1.165) is 16.0 Å². The number of benzene rings is 2. The second kappa shape index (κ2) is 6.01. The zero-order valence-electron chi connectivity index (χ0n) is 9.19. The predicted molar refractivity (Wildman–Crippen MR) is 75.3 cm³/mol. The van der Waals surface area contributed by atoms with Crippen molar-refractivity contribution in [2.75, 3.05) is 0 Å². The van der Waals surface area contributed by atoms with Crippen LogP contribution in [0.2, 0.25) is 0 Å². The molecule has 2 aromatic rings. The van der Waals surface area contributed by atoms with Gasteiger partial charge < -0.3 is 0 Å². The highest BCUT2D eigenvalue weighted by Gasteiger charge is 1.91. The molecule has 0 unspecified atom stereocenters. The average molecular weight is 240 g/mol. The molecule has 0 aliphatic rings. The Labute approximate surface area is 106 Å². The molecular formula is C14H12N2S. The van der Waals surface area contributed by atoms with E-state index in [1.54, 1.807) is 12.4 Å². The number of rotatable bonds is 3. The summed E-state index contributed by atoms with van der Waals surface area (Å²) in [7, 11) is 0. The lowest BCUT2D eigenvalue weighted by Crippen LogP contribution is -1.82.